The zero-order valence-electron chi connectivity index (χ0n) is 17.9. The van der Waals surface area contributed by atoms with E-state index in [1.54, 1.807) is 24.4 Å². The standard InChI is InChI=1S/C24H20F2N4O3/c1-14-7-8-30-22(9-14)27-18(12-23(30)31)13-33-21-11-17(5-3-15(21)2)28-24(32)29-20-6-4-16(25)10-19(20)26/h3-12H,13H2,1-2H3,(H2,28,29,32). The number of carbonyl (C=O) groups excluding carboxylic acids is 1. The van der Waals surface area contributed by atoms with Crippen LogP contribution >= 0.6 is 0 Å². The molecular weight excluding hydrogens is 430 g/mol. The van der Waals surface area contributed by atoms with E-state index in [-0.39, 0.29) is 17.9 Å². The lowest BCUT2D eigenvalue weighted by Gasteiger charge is -2.13. The van der Waals surface area contributed by atoms with Crippen LogP contribution < -0.4 is 20.9 Å². The van der Waals surface area contributed by atoms with Crippen LogP contribution in [0.2, 0.25) is 0 Å². The molecule has 2 N–H and O–H groups in total. The normalized spacial score (nSPS) is 10.8. The molecule has 0 aliphatic heterocycles. The number of nitrogens with zero attached hydrogens (tertiary/aromatic N) is 2. The molecule has 0 spiro atoms. The molecule has 7 nitrogen and oxygen atoms in total. The van der Waals surface area contributed by atoms with Crippen LogP contribution in [-0.2, 0) is 6.61 Å². The minimum atomic E-state index is -0.882. The van der Waals surface area contributed by atoms with Crippen LogP contribution in [0.15, 0.2) is 65.6 Å². The third-order valence-corrected chi connectivity index (χ3v) is 4.88. The number of halogens is 2. The highest BCUT2D eigenvalue weighted by molar-refractivity contribution is 5.99. The highest BCUT2D eigenvalue weighted by Gasteiger charge is 2.10. The molecule has 0 aliphatic rings. The van der Waals surface area contributed by atoms with Gasteiger partial charge in [0.2, 0.25) is 0 Å². The average Bonchev–Trinajstić information content (AvgIpc) is 2.76. The molecule has 0 fully saturated rings. The van der Waals surface area contributed by atoms with Gasteiger partial charge in [0.15, 0.2) is 0 Å². The summed E-state index contributed by atoms with van der Waals surface area (Å²) in [6.45, 7) is 3.80. The number of hydrogen-bond acceptors (Lipinski definition) is 4. The Morgan fingerprint density at radius 3 is 2.64 bits per heavy atom. The van der Waals surface area contributed by atoms with Crippen LogP contribution in [0.3, 0.4) is 0 Å². The van der Waals surface area contributed by atoms with Crippen molar-refractivity contribution in [2.75, 3.05) is 10.6 Å². The van der Waals surface area contributed by atoms with Crippen LogP contribution in [0.1, 0.15) is 16.8 Å². The molecule has 168 valence electrons. The van der Waals surface area contributed by atoms with Gasteiger partial charge >= 0.3 is 6.03 Å². The lowest BCUT2D eigenvalue weighted by Crippen LogP contribution is -2.20. The number of amides is 2. The number of urea groups is 1. The van der Waals surface area contributed by atoms with Crippen molar-refractivity contribution in [3.63, 3.8) is 0 Å². The molecule has 2 aromatic heterocycles. The first kappa shape index (κ1) is 21.9. The summed E-state index contributed by atoms with van der Waals surface area (Å²) in [6, 6.07) is 12.2. The smallest absolute Gasteiger partial charge is 0.323 e. The summed E-state index contributed by atoms with van der Waals surface area (Å²) in [7, 11) is 0. The maximum Gasteiger partial charge on any atom is 0.323 e. The van der Waals surface area contributed by atoms with Crippen molar-refractivity contribution in [3.8, 4) is 5.75 Å². The fourth-order valence-corrected chi connectivity index (χ4v) is 3.19. The van der Waals surface area contributed by atoms with E-state index in [0.29, 0.717) is 28.8 Å². The second kappa shape index (κ2) is 9.07. The van der Waals surface area contributed by atoms with Gasteiger partial charge in [0, 0.05) is 30.1 Å². The first-order valence-electron chi connectivity index (χ1n) is 10.0. The van der Waals surface area contributed by atoms with Gasteiger partial charge in [-0.1, -0.05) is 6.07 Å². The quantitative estimate of drug-likeness (QED) is 0.457. The Bertz CT molecular complexity index is 1420. The van der Waals surface area contributed by atoms with Gasteiger partial charge < -0.3 is 15.4 Å². The molecule has 2 heterocycles. The number of rotatable bonds is 5. The van der Waals surface area contributed by atoms with E-state index >= 15 is 0 Å². The summed E-state index contributed by atoms with van der Waals surface area (Å²) < 4.78 is 34.1. The van der Waals surface area contributed by atoms with Crippen molar-refractivity contribution in [3.05, 3.63) is 99.6 Å². The number of pyridine rings is 1. The van der Waals surface area contributed by atoms with Gasteiger partial charge in [0.1, 0.15) is 29.6 Å². The first-order chi connectivity index (χ1) is 15.8. The zero-order chi connectivity index (χ0) is 23.5. The highest BCUT2D eigenvalue weighted by Crippen LogP contribution is 2.24. The van der Waals surface area contributed by atoms with Crippen LogP contribution in [0, 0.1) is 25.5 Å². The SMILES string of the molecule is Cc1ccn2c(=O)cc(COc3cc(NC(=O)Nc4ccc(F)cc4F)ccc3C)nc2c1. The maximum absolute atomic E-state index is 13.7. The molecule has 33 heavy (non-hydrogen) atoms. The monoisotopic (exact) mass is 450 g/mol. The number of benzene rings is 2. The molecule has 0 bridgehead atoms. The number of carbonyl (C=O) groups is 1. The van der Waals surface area contributed by atoms with Crippen LogP contribution in [-0.4, -0.2) is 15.4 Å². The van der Waals surface area contributed by atoms with E-state index in [1.807, 2.05) is 26.0 Å². The third kappa shape index (κ3) is 5.15. The van der Waals surface area contributed by atoms with Crippen molar-refractivity contribution < 1.29 is 18.3 Å². The molecule has 0 atom stereocenters. The maximum atomic E-state index is 13.7. The number of aryl methyl sites for hydroxylation is 2. The van der Waals surface area contributed by atoms with Crippen molar-refractivity contribution in [2.24, 2.45) is 0 Å². The molecule has 0 aliphatic carbocycles. The molecule has 0 saturated carbocycles. The zero-order valence-corrected chi connectivity index (χ0v) is 17.9. The van der Waals surface area contributed by atoms with Crippen LogP contribution in [0.25, 0.3) is 5.65 Å². The molecule has 0 saturated heterocycles. The minimum absolute atomic E-state index is 0.0525. The average molecular weight is 450 g/mol. The Hall–Kier alpha value is -4.27. The molecule has 2 amide bonds. The van der Waals surface area contributed by atoms with Crippen molar-refractivity contribution in [1.29, 1.82) is 0 Å². The van der Waals surface area contributed by atoms with Crippen molar-refractivity contribution in [2.45, 2.75) is 20.5 Å². The fourth-order valence-electron chi connectivity index (χ4n) is 3.19. The Morgan fingerprint density at radius 2 is 1.85 bits per heavy atom. The molecule has 0 radical (unpaired) electrons. The molecule has 2 aromatic carbocycles. The van der Waals surface area contributed by atoms with E-state index < -0.39 is 17.7 Å². The number of hydrogen-bond donors (Lipinski definition) is 2. The third-order valence-electron chi connectivity index (χ3n) is 4.88. The van der Waals surface area contributed by atoms with E-state index in [0.717, 1.165) is 23.3 Å². The van der Waals surface area contributed by atoms with Crippen LogP contribution in [0.5, 0.6) is 5.75 Å². The Morgan fingerprint density at radius 1 is 1.03 bits per heavy atom. The molecular formula is C24H20F2N4O3. The van der Waals surface area contributed by atoms with E-state index in [9.17, 15) is 18.4 Å². The van der Waals surface area contributed by atoms with Gasteiger partial charge in [-0.05, 0) is 55.3 Å². The number of anilines is 2. The summed E-state index contributed by atoms with van der Waals surface area (Å²) in [5, 5.41) is 4.90. The summed E-state index contributed by atoms with van der Waals surface area (Å²) in [6.07, 6.45) is 1.67. The largest absolute Gasteiger partial charge is 0.487 e. The van der Waals surface area contributed by atoms with Gasteiger partial charge in [-0.2, -0.15) is 0 Å². The van der Waals surface area contributed by atoms with Gasteiger partial charge in [-0.15, -0.1) is 0 Å². The molecule has 0 unspecified atom stereocenters. The second-order valence-electron chi connectivity index (χ2n) is 7.49. The van der Waals surface area contributed by atoms with Gasteiger partial charge in [0.05, 0.1) is 11.4 Å². The fraction of sp³-hybridized carbons (Fsp3) is 0.125. The van der Waals surface area contributed by atoms with E-state index in [4.69, 9.17) is 4.74 Å². The molecule has 4 aromatic rings. The Kier molecular flexibility index (Phi) is 6.03. The number of aromatic nitrogens is 2. The number of ether oxygens (including phenoxy) is 1. The summed E-state index contributed by atoms with van der Waals surface area (Å²) >= 11 is 0. The van der Waals surface area contributed by atoms with Crippen LogP contribution in [0.4, 0.5) is 25.0 Å². The summed E-state index contributed by atoms with van der Waals surface area (Å²) in [5.41, 5.74) is 2.81. The van der Waals surface area contributed by atoms with Gasteiger partial charge in [-0.3, -0.25) is 9.20 Å². The topological polar surface area (TPSA) is 84.7 Å². The minimum Gasteiger partial charge on any atom is -0.487 e. The molecule has 4 rings (SSSR count). The first-order valence-corrected chi connectivity index (χ1v) is 10.0. The number of fused-ring (bicyclic) bond motifs is 1. The second-order valence-corrected chi connectivity index (χ2v) is 7.49. The number of nitrogens with one attached hydrogen (secondary N) is 2. The predicted molar refractivity (Wildman–Crippen MR) is 121 cm³/mol. The Balaban J connectivity index is 1.47. The summed E-state index contributed by atoms with van der Waals surface area (Å²) in [5.74, 6) is -1.14. The summed E-state index contributed by atoms with van der Waals surface area (Å²) in [4.78, 5) is 29.0. The van der Waals surface area contributed by atoms with E-state index in [2.05, 4.69) is 15.6 Å². The highest BCUT2D eigenvalue weighted by atomic mass is 19.1. The van der Waals surface area contributed by atoms with Gasteiger partial charge in [-0.25, -0.2) is 18.6 Å². The molecule has 9 heteroatoms. The lowest BCUT2D eigenvalue weighted by molar-refractivity contribution is 0.262. The predicted octanol–water partition coefficient (Wildman–Crippen LogP) is 4.81. The lowest BCUT2D eigenvalue weighted by atomic mass is 10.2. The van der Waals surface area contributed by atoms with Gasteiger partial charge in [0.25, 0.3) is 5.56 Å². The van der Waals surface area contributed by atoms with E-state index in [1.165, 1.54) is 10.5 Å². The Labute approximate surface area is 187 Å². The van der Waals surface area contributed by atoms with Crippen molar-refractivity contribution >= 4 is 23.1 Å². The van der Waals surface area contributed by atoms with Crippen molar-refractivity contribution in [1.82, 2.24) is 9.38 Å².